The number of methoxy groups -OCH3 is 1. The van der Waals surface area contributed by atoms with E-state index in [4.69, 9.17) is 9.47 Å². The number of nitrogens with one attached hydrogen (secondary N) is 1. The summed E-state index contributed by atoms with van der Waals surface area (Å²) in [6, 6.07) is 12.9. The number of rotatable bonds is 7. The first-order valence-corrected chi connectivity index (χ1v) is 9.71. The van der Waals surface area contributed by atoms with E-state index in [1.807, 2.05) is 37.3 Å². The fourth-order valence-electron chi connectivity index (χ4n) is 2.28. The van der Waals surface area contributed by atoms with Crippen molar-refractivity contribution in [3.8, 4) is 17.6 Å². The van der Waals surface area contributed by atoms with Gasteiger partial charge in [0.25, 0.3) is 5.91 Å². The van der Waals surface area contributed by atoms with Gasteiger partial charge in [0.05, 0.1) is 22.7 Å². The number of halogens is 2. The third-order valence-electron chi connectivity index (χ3n) is 3.60. The van der Waals surface area contributed by atoms with Crippen LogP contribution >= 0.6 is 31.9 Å². The van der Waals surface area contributed by atoms with Crippen LogP contribution in [0.1, 0.15) is 18.1 Å². The zero-order chi connectivity index (χ0) is 19.8. The molecule has 2 aromatic rings. The molecule has 5 nitrogen and oxygen atoms in total. The standard InChI is InChI=1S/C20H18Br2N2O3/c1-3-27-19-17(21)9-14(10-18(19)22)8-15(11-23)20(25)24-12-13-4-6-16(26-2)7-5-13/h4-10H,3,12H2,1-2H3,(H,24,25)/b15-8-. The summed E-state index contributed by atoms with van der Waals surface area (Å²) in [5.41, 5.74) is 1.63. The first-order chi connectivity index (χ1) is 13.0. The number of hydrogen-bond acceptors (Lipinski definition) is 4. The first-order valence-electron chi connectivity index (χ1n) is 8.13. The minimum absolute atomic E-state index is 0.0199. The zero-order valence-corrected chi connectivity index (χ0v) is 18.1. The van der Waals surface area contributed by atoms with Crippen molar-refractivity contribution >= 4 is 43.8 Å². The lowest BCUT2D eigenvalue weighted by Gasteiger charge is -2.10. The molecule has 0 fully saturated rings. The SMILES string of the molecule is CCOc1c(Br)cc(/C=C(/C#N)C(=O)NCc2ccc(OC)cc2)cc1Br. The van der Waals surface area contributed by atoms with Crippen LogP contribution in [0.5, 0.6) is 11.5 Å². The summed E-state index contributed by atoms with van der Waals surface area (Å²) < 4.78 is 12.1. The van der Waals surface area contributed by atoms with Gasteiger partial charge in [-0.25, -0.2) is 0 Å². The van der Waals surface area contributed by atoms with Crippen molar-refractivity contribution in [3.05, 3.63) is 62.0 Å². The van der Waals surface area contributed by atoms with E-state index >= 15 is 0 Å². The van der Waals surface area contributed by atoms with Gasteiger partial charge in [-0.2, -0.15) is 5.26 Å². The van der Waals surface area contributed by atoms with Crippen LogP contribution < -0.4 is 14.8 Å². The van der Waals surface area contributed by atoms with Crippen molar-refractivity contribution in [2.24, 2.45) is 0 Å². The lowest BCUT2D eigenvalue weighted by atomic mass is 10.1. The number of benzene rings is 2. The molecule has 140 valence electrons. The second-order valence-electron chi connectivity index (χ2n) is 5.45. The molecule has 0 atom stereocenters. The average molecular weight is 494 g/mol. The molecule has 0 unspecified atom stereocenters. The summed E-state index contributed by atoms with van der Waals surface area (Å²) in [7, 11) is 1.60. The van der Waals surface area contributed by atoms with E-state index in [2.05, 4.69) is 37.2 Å². The van der Waals surface area contributed by atoms with Gasteiger partial charge in [-0.3, -0.25) is 4.79 Å². The molecule has 0 bridgehead atoms. The number of hydrogen-bond donors (Lipinski definition) is 1. The van der Waals surface area contributed by atoms with Crippen LogP contribution in [0.15, 0.2) is 50.9 Å². The molecule has 0 radical (unpaired) electrons. The quantitative estimate of drug-likeness (QED) is 0.442. The number of nitriles is 1. The molecule has 1 amide bonds. The van der Waals surface area contributed by atoms with E-state index in [1.54, 1.807) is 19.2 Å². The van der Waals surface area contributed by atoms with Gasteiger partial charge in [0.2, 0.25) is 0 Å². The molecule has 2 rings (SSSR count). The van der Waals surface area contributed by atoms with E-state index in [0.717, 1.165) is 20.3 Å². The van der Waals surface area contributed by atoms with Crippen molar-refractivity contribution in [1.82, 2.24) is 5.32 Å². The van der Waals surface area contributed by atoms with Crippen LogP contribution in [-0.4, -0.2) is 19.6 Å². The fourth-order valence-corrected chi connectivity index (χ4v) is 3.73. The van der Waals surface area contributed by atoms with Gasteiger partial charge in [-0.1, -0.05) is 12.1 Å². The largest absolute Gasteiger partial charge is 0.497 e. The molecule has 27 heavy (non-hydrogen) atoms. The van der Waals surface area contributed by atoms with Crippen molar-refractivity contribution in [1.29, 1.82) is 5.26 Å². The molecule has 0 aliphatic carbocycles. The van der Waals surface area contributed by atoms with E-state index in [0.29, 0.717) is 24.5 Å². The van der Waals surface area contributed by atoms with Gasteiger partial charge in [-0.05, 0) is 80.3 Å². The van der Waals surface area contributed by atoms with Crippen LogP contribution in [0.2, 0.25) is 0 Å². The lowest BCUT2D eigenvalue weighted by Crippen LogP contribution is -2.23. The van der Waals surface area contributed by atoms with Crippen molar-refractivity contribution < 1.29 is 14.3 Å². The van der Waals surface area contributed by atoms with Crippen LogP contribution in [0.3, 0.4) is 0 Å². The van der Waals surface area contributed by atoms with Crippen molar-refractivity contribution in [2.45, 2.75) is 13.5 Å². The van der Waals surface area contributed by atoms with Crippen molar-refractivity contribution in [2.75, 3.05) is 13.7 Å². The molecule has 0 spiro atoms. The Balaban J connectivity index is 2.12. The van der Waals surface area contributed by atoms with E-state index in [9.17, 15) is 10.1 Å². The first kappa shape index (κ1) is 21.0. The summed E-state index contributed by atoms with van der Waals surface area (Å²) in [5, 5.41) is 12.1. The second kappa shape index (κ2) is 10.1. The highest BCUT2D eigenvalue weighted by Crippen LogP contribution is 2.35. The molecule has 1 N–H and O–H groups in total. The van der Waals surface area contributed by atoms with Gasteiger partial charge in [-0.15, -0.1) is 0 Å². The summed E-state index contributed by atoms with van der Waals surface area (Å²) in [6.45, 7) is 2.75. The number of nitrogens with zero attached hydrogens (tertiary/aromatic N) is 1. The Hall–Kier alpha value is -2.30. The fraction of sp³-hybridized carbons (Fsp3) is 0.200. The number of carbonyl (C=O) groups is 1. The molecule has 0 heterocycles. The average Bonchev–Trinajstić information content (AvgIpc) is 2.67. The molecule has 2 aromatic carbocycles. The summed E-state index contributed by atoms with van der Waals surface area (Å²) >= 11 is 6.89. The Morgan fingerprint density at radius 1 is 1.22 bits per heavy atom. The minimum atomic E-state index is -0.436. The van der Waals surface area contributed by atoms with E-state index in [1.165, 1.54) is 6.08 Å². The monoisotopic (exact) mass is 492 g/mol. The van der Waals surface area contributed by atoms with Crippen LogP contribution in [0, 0.1) is 11.3 Å². The molecule has 7 heteroatoms. The lowest BCUT2D eigenvalue weighted by molar-refractivity contribution is -0.117. The van der Waals surface area contributed by atoms with Crippen LogP contribution in [0.4, 0.5) is 0 Å². The molecular formula is C20H18Br2N2O3. The molecule has 0 aliphatic rings. The predicted octanol–water partition coefficient (Wildman–Crippen LogP) is 4.84. The summed E-state index contributed by atoms with van der Waals surface area (Å²) in [5.74, 6) is 0.987. The van der Waals surface area contributed by atoms with Crippen LogP contribution in [-0.2, 0) is 11.3 Å². The number of ether oxygens (including phenoxy) is 2. The number of amides is 1. The molecule has 0 saturated carbocycles. The molecule has 0 aromatic heterocycles. The molecule has 0 saturated heterocycles. The zero-order valence-electron chi connectivity index (χ0n) is 14.9. The maximum Gasteiger partial charge on any atom is 0.262 e. The van der Waals surface area contributed by atoms with Crippen LogP contribution in [0.25, 0.3) is 6.08 Å². The predicted molar refractivity (Wildman–Crippen MR) is 111 cm³/mol. The Labute approximate surface area is 175 Å². The molecular weight excluding hydrogens is 476 g/mol. The minimum Gasteiger partial charge on any atom is -0.497 e. The third-order valence-corrected chi connectivity index (χ3v) is 4.78. The smallest absolute Gasteiger partial charge is 0.262 e. The maximum atomic E-state index is 12.3. The summed E-state index contributed by atoms with van der Waals surface area (Å²) in [6.07, 6.45) is 1.54. The summed E-state index contributed by atoms with van der Waals surface area (Å²) in [4.78, 5) is 12.3. The Morgan fingerprint density at radius 3 is 2.37 bits per heavy atom. The Bertz CT molecular complexity index is 864. The number of carbonyl (C=O) groups excluding carboxylic acids is 1. The van der Waals surface area contributed by atoms with E-state index < -0.39 is 5.91 Å². The Kier molecular flexibility index (Phi) is 7.89. The van der Waals surface area contributed by atoms with Gasteiger partial charge in [0, 0.05) is 6.54 Å². The highest BCUT2D eigenvalue weighted by molar-refractivity contribution is 9.11. The van der Waals surface area contributed by atoms with Crippen molar-refractivity contribution in [3.63, 3.8) is 0 Å². The normalized spacial score (nSPS) is 10.9. The Morgan fingerprint density at radius 2 is 1.85 bits per heavy atom. The maximum absolute atomic E-state index is 12.3. The molecule has 0 aliphatic heterocycles. The topological polar surface area (TPSA) is 71.3 Å². The highest BCUT2D eigenvalue weighted by atomic mass is 79.9. The third kappa shape index (κ3) is 5.84. The highest BCUT2D eigenvalue weighted by Gasteiger charge is 2.12. The van der Waals surface area contributed by atoms with Gasteiger partial charge >= 0.3 is 0 Å². The van der Waals surface area contributed by atoms with Gasteiger partial charge in [0.1, 0.15) is 23.1 Å². The van der Waals surface area contributed by atoms with E-state index in [-0.39, 0.29) is 5.57 Å². The van der Waals surface area contributed by atoms with Gasteiger partial charge in [0.15, 0.2) is 0 Å². The second-order valence-corrected chi connectivity index (χ2v) is 7.16. The van der Waals surface area contributed by atoms with Gasteiger partial charge < -0.3 is 14.8 Å².